The van der Waals surface area contributed by atoms with Gasteiger partial charge in [0, 0.05) is 38.3 Å². The summed E-state index contributed by atoms with van der Waals surface area (Å²) in [5.74, 6) is 0. The minimum atomic E-state index is -0.435. The average Bonchev–Trinajstić information content (AvgIpc) is 3.02. The van der Waals surface area contributed by atoms with Crippen LogP contribution in [0.5, 0.6) is 0 Å². The normalized spacial score (nSPS) is 30.2. The topological polar surface area (TPSA) is 65.1 Å². The van der Waals surface area contributed by atoms with E-state index >= 15 is 0 Å². The summed E-state index contributed by atoms with van der Waals surface area (Å²) in [6.07, 6.45) is 8.78. The van der Waals surface area contributed by atoms with Crippen LogP contribution in [-0.2, 0) is 4.74 Å². The highest BCUT2D eigenvalue weighted by atomic mass is 16.6. The molecule has 0 aromatic rings. The summed E-state index contributed by atoms with van der Waals surface area (Å²) >= 11 is 0. The molecule has 0 radical (unpaired) electrons. The summed E-state index contributed by atoms with van der Waals surface area (Å²) in [4.78, 5) is 31.5. The van der Waals surface area contributed by atoms with Gasteiger partial charge in [0.15, 0.2) is 0 Å². The summed E-state index contributed by atoms with van der Waals surface area (Å²) in [6, 6.07) is 1.91. The summed E-state index contributed by atoms with van der Waals surface area (Å²) in [5, 5.41) is 3.23. The molecule has 3 saturated heterocycles. The molecule has 0 spiro atoms. The van der Waals surface area contributed by atoms with Gasteiger partial charge in [0.25, 0.3) is 0 Å². The van der Waals surface area contributed by atoms with Gasteiger partial charge in [-0.3, -0.25) is 0 Å². The molecule has 1 unspecified atom stereocenters. The van der Waals surface area contributed by atoms with Crippen LogP contribution in [0, 0.1) is 0 Å². The molecule has 1 aliphatic carbocycles. The van der Waals surface area contributed by atoms with Gasteiger partial charge in [-0.15, -0.1) is 0 Å². The maximum atomic E-state index is 12.6. The van der Waals surface area contributed by atoms with Crippen molar-refractivity contribution in [2.45, 2.75) is 102 Å². The first kappa shape index (κ1) is 20.8. The highest BCUT2D eigenvalue weighted by Gasteiger charge is 2.44. The van der Waals surface area contributed by atoms with Gasteiger partial charge >= 0.3 is 12.1 Å². The van der Waals surface area contributed by atoms with Crippen molar-refractivity contribution >= 4 is 12.1 Å². The van der Waals surface area contributed by atoms with Gasteiger partial charge in [0.1, 0.15) is 5.60 Å². The van der Waals surface area contributed by atoms with E-state index in [4.69, 9.17) is 4.74 Å². The molecule has 1 N–H and O–H groups in total. The maximum absolute atomic E-state index is 12.6. The average molecular weight is 407 g/mol. The number of likely N-dealkylation sites (tertiary alicyclic amines) is 2. The molecule has 4 aliphatic rings. The SMILES string of the molecule is CC(C)(C)OC(=O)N1CCC(N2CCC(N3C(=O)N[C@H]4CCCCC43)CC2)CC1. The molecule has 4 fully saturated rings. The van der Waals surface area contributed by atoms with Crippen LogP contribution in [0.1, 0.15) is 72.1 Å². The minimum absolute atomic E-state index is 0.172. The van der Waals surface area contributed by atoms with Crippen molar-refractivity contribution in [1.29, 1.82) is 0 Å². The van der Waals surface area contributed by atoms with Crippen LogP contribution >= 0.6 is 0 Å². The lowest BCUT2D eigenvalue weighted by atomic mass is 9.89. The molecule has 0 bridgehead atoms. The third-order valence-corrected chi connectivity index (χ3v) is 7.16. The summed E-state index contributed by atoms with van der Waals surface area (Å²) in [7, 11) is 0. The second-order valence-electron chi connectivity index (χ2n) is 10.3. The Morgan fingerprint density at radius 2 is 1.55 bits per heavy atom. The Hall–Kier alpha value is -1.50. The van der Waals surface area contributed by atoms with Crippen molar-refractivity contribution < 1.29 is 14.3 Å². The van der Waals surface area contributed by atoms with E-state index in [-0.39, 0.29) is 12.1 Å². The van der Waals surface area contributed by atoms with Gasteiger partial charge in [0.05, 0.1) is 12.1 Å². The fraction of sp³-hybridized carbons (Fsp3) is 0.909. The molecule has 3 amide bonds. The second kappa shape index (κ2) is 8.32. The zero-order chi connectivity index (χ0) is 20.6. The van der Waals surface area contributed by atoms with Gasteiger partial charge in [0.2, 0.25) is 0 Å². The Balaban J connectivity index is 1.24. The first-order chi connectivity index (χ1) is 13.8. The summed E-state index contributed by atoms with van der Waals surface area (Å²) in [5.41, 5.74) is -0.435. The van der Waals surface area contributed by atoms with Crippen molar-refractivity contribution in [1.82, 2.24) is 20.0 Å². The molecular formula is C22H38N4O3. The predicted octanol–water partition coefficient (Wildman–Crippen LogP) is 3.19. The van der Waals surface area contributed by atoms with E-state index in [1.807, 2.05) is 25.7 Å². The highest BCUT2D eigenvalue weighted by Crippen LogP contribution is 2.33. The zero-order valence-corrected chi connectivity index (χ0v) is 18.4. The molecule has 7 nitrogen and oxygen atoms in total. The predicted molar refractivity (Wildman–Crippen MR) is 112 cm³/mol. The number of amides is 3. The molecule has 1 saturated carbocycles. The van der Waals surface area contributed by atoms with Crippen LogP contribution in [0.15, 0.2) is 0 Å². The first-order valence-electron chi connectivity index (χ1n) is 11.6. The Morgan fingerprint density at radius 3 is 2.21 bits per heavy atom. The number of hydrogen-bond acceptors (Lipinski definition) is 4. The third kappa shape index (κ3) is 4.65. The van der Waals surface area contributed by atoms with Crippen molar-refractivity contribution in [3.63, 3.8) is 0 Å². The molecule has 4 rings (SSSR count). The lowest BCUT2D eigenvalue weighted by molar-refractivity contribution is 0.0104. The summed E-state index contributed by atoms with van der Waals surface area (Å²) < 4.78 is 5.51. The Kier molecular flexibility index (Phi) is 5.96. The van der Waals surface area contributed by atoms with Crippen LogP contribution in [0.2, 0.25) is 0 Å². The molecule has 164 valence electrons. The van der Waals surface area contributed by atoms with Gasteiger partial charge in [-0.1, -0.05) is 12.8 Å². The largest absolute Gasteiger partial charge is 0.444 e. The quantitative estimate of drug-likeness (QED) is 0.765. The number of carbonyl (C=O) groups is 2. The number of ether oxygens (including phenoxy) is 1. The van der Waals surface area contributed by atoms with E-state index in [0.29, 0.717) is 24.2 Å². The van der Waals surface area contributed by atoms with Crippen molar-refractivity contribution in [2.75, 3.05) is 26.2 Å². The van der Waals surface area contributed by atoms with E-state index in [0.717, 1.165) is 64.7 Å². The maximum Gasteiger partial charge on any atom is 0.410 e. The third-order valence-electron chi connectivity index (χ3n) is 7.16. The number of piperidine rings is 2. The minimum Gasteiger partial charge on any atom is -0.444 e. The first-order valence-corrected chi connectivity index (χ1v) is 11.6. The molecule has 3 aliphatic heterocycles. The Labute approximate surface area is 175 Å². The van der Waals surface area contributed by atoms with Crippen LogP contribution < -0.4 is 5.32 Å². The van der Waals surface area contributed by atoms with Gasteiger partial charge in [-0.05, 0) is 59.3 Å². The van der Waals surface area contributed by atoms with Crippen molar-refractivity contribution in [3.05, 3.63) is 0 Å². The molecule has 3 heterocycles. The number of nitrogens with zero attached hydrogens (tertiary/aromatic N) is 3. The number of rotatable bonds is 2. The van der Waals surface area contributed by atoms with Gasteiger partial charge in [-0.2, -0.15) is 0 Å². The second-order valence-corrected chi connectivity index (χ2v) is 10.3. The lowest BCUT2D eigenvalue weighted by Crippen LogP contribution is -2.54. The number of fused-ring (bicyclic) bond motifs is 1. The molecule has 0 aromatic carbocycles. The van der Waals surface area contributed by atoms with Crippen molar-refractivity contribution in [2.24, 2.45) is 0 Å². The Morgan fingerprint density at radius 1 is 0.931 bits per heavy atom. The number of nitrogens with one attached hydrogen (secondary N) is 1. The van der Waals surface area contributed by atoms with Gasteiger partial charge in [-0.25, -0.2) is 9.59 Å². The molecule has 7 heteroatoms. The van der Waals surface area contributed by atoms with Crippen LogP contribution in [-0.4, -0.2) is 82.8 Å². The highest BCUT2D eigenvalue weighted by molar-refractivity contribution is 5.78. The van der Waals surface area contributed by atoms with E-state index in [1.54, 1.807) is 0 Å². The van der Waals surface area contributed by atoms with Crippen LogP contribution in [0.25, 0.3) is 0 Å². The fourth-order valence-corrected chi connectivity index (χ4v) is 5.70. The molecular weight excluding hydrogens is 368 g/mol. The van der Waals surface area contributed by atoms with E-state index in [1.165, 1.54) is 12.8 Å². The fourth-order valence-electron chi connectivity index (χ4n) is 5.70. The van der Waals surface area contributed by atoms with E-state index in [9.17, 15) is 9.59 Å². The van der Waals surface area contributed by atoms with Crippen LogP contribution in [0.4, 0.5) is 9.59 Å². The van der Waals surface area contributed by atoms with Crippen molar-refractivity contribution in [3.8, 4) is 0 Å². The monoisotopic (exact) mass is 406 g/mol. The number of carbonyl (C=O) groups excluding carboxylic acids is 2. The number of hydrogen-bond donors (Lipinski definition) is 1. The number of urea groups is 1. The smallest absolute Gasteiger partial charge is 0.410 e. The summed E-state index contributed by atoms with van der Waals surface area (Å²) in [6.45, 7) is 9.41. The molecule has 29 heavy (non-hydrogen) atoms. The zero-order valence-electron chi connectivity index (χ0n) is 18.4. The standard InChI is InChI=1S/C22H38N4O3/c1-22(2,3)29-21(28)25-14-8-16(9-15-25)24-12-10-17(11-13-24)26-19-7-5-4-6-18(19)23-20(26)27/h16-19H,4-15H2,1-3H3,(H,23,27)/t18-,19?/m0/s1. The molecule has 2 atom stereocenters. The van der Waals surface area contributed by atoms with Gasteiger partial charge < -0.3 is 24.8 Å². The van der Waals surface area contributed by atoms with Crippen LogP contribution in [0.3, 0.4) is 0 Å². The Bertz CT molecular complexity index is 604. The molecule has 0 aromatic heterocycles. The van der Waals surface area contributed by atoms with E-state index in [2.05, 4.69) is 15.1 Å². The lowest BCUT2D eigenvalue weighted by Gasteiger charge is -2.44. The van der Waals surface area contributed by atoms with E-state index < -0.39 is 5.60 Å².